The summed E-state index contributed by atoms with van der Waals surface area (Å²) in [5.74, 6) is -0.739. The van der Waals surface area contributed by atoms with E-state index < -0.39 is 5.97 Å². The van der Waals surface area contributed by atoms with Crippen molar-refractivity contribution in [1.82, 2.24) is 5.32 Å². The lowest BCUT2D eigenvalue weighted by atomic mass is 10.0. The number of carboxylic acids is 1. The first-order valence-electron chi connectivity index (χ1n) is 7.58. The molecule has 0 aromatic heterocycles. The normalized spacial score (nSPS) is 15.7. The summed E-state index contributed by atoms with van der Waals surface area (Å²) in [6.45, 7) is 0. The lowest BCUT2D eigenvalue weighted by molar-refractivity contribution is -0.134. The minimum absolute atomic E-state index is 0.106. The van der Waals surface area contributed by atoms with Crippen LogP contribution in [-0.4, -0.2) is 22.1 Å². The summed E-state index contributed by atoms with van der Waals surface area (Å²) in [6, 6.07) is 6.10. The maximum Gasteiger partial charge on any atom is 0.352 e. The number of carbonyl (C=O) groups is 2. The highest BCUT2D eigenvalue weighted by Crippen LogP contribution is 2.28. The number of aliphatic carboxylic acids is 1. The first-order valence-corrected chi connectivity index (χ1v) is 7.58. The van der Waals surface area contributed by atoms with Gasteiger partial charge in [0.25, 0.3) is 0 Å². The lowest BCUT2D eigenvalue weighted by Gasteiger charge is -2.09. The topological polar surface area (TPSA) is 86.6 Å². The van der Waals surface area contributed by atoms with Crippen LogP contribution in [0.5, 0.6) is 5.75 Å². The molecule has 1 aliphatic rings. The smallest absolute Gasteiger partial charge is 0.352 e. The van der Waals surface area contributed by atoms with Gasteiger partial charge < -0.3 is 15.5 Å². The fourth-order valence-electron chi connectivity index (χ4n) is 2.74. The Balaban J connectivity index is 1.94. The van der Waals surface area contributed by atoms with Crippen LogP contribution in [0.4, 0.5) is 0 Å². The van der Waals surface area contributed by atoms with Gasteiger partial charge >= 0.3 is 5.97 Å². The van der Waals surface area contributed by atoms with E-state index >= 15 is 0 Å². The summed E-state index contributed by atoms with van der Waals surface area (Å²) >= 11 is 0. The molecule has 1 fully saturated rings. The van der Waals surface area contributed by atoms with Crippen LogP contribution < -0.4 is 5.32 Å². The van der Waals surface area contributed by atoms with Crippen LogP contribution >= 0.6 is 0 Å². The Morgan fingerprint density at radius 3 is 2.41 bits per heavy atom. The summed E-state index contributed by atoms with van der Waals surface area (Å²) in [5, 5.41) is 20.9. The van der Waals surface area contributed by atoms with Gasteiger partial charge in [0.2, 0.25) is 5.91 Å². The molecule has 118 valence electrons. The van der Waals surface area contributed by atoms with Crippen LogP contribution in [0.25, 0.3) is 6.08 Å². The molecule has 5 nitrogen and oxygen atoms in total. The second-order valence-electron chi connectivity index (χ2n) is 5.69. The zero-order valence-electron chi connectivity index (χ0n) is 12.4. The number of hydrogen-bond donors (Lipinski definition) is 3. The Morgan fingerprint density at radius 2 is 1.82 bits per heavy atom. The number of phenolic OH excluding ortho intramolecular Hbond substituents is 1. The Bertz CT molecular complexity index is 557. The van der Waals surface area contributed by atoms with Gasteiger partial charge in [-0.15, -0.1) is 0 Å². The maximum atomic E-state index is 11.9. The minimum atomic E-state index is -1.18. The monoisotopic (exact) mass is 303 g/mol. The number of amides is 1. The van der Waals surface area contributed by atoms with Crippen LogP contribution in [-0.2, 0) is 9.59 Å². The predicted octanol–water partition coefficient (Wildman–Crippen LogP) is 2.90. The molecule has 22 heavy (non-hydrogen) atoms. The molecule has 0 saturated heterocycles. The van der Waals surface area contributed by atoms with Crippen LogP contribution in [0.1, 0.15) is 44.1 Å². The molecule has 0 radical (unpaired) electrons. The van der Waals surface area contributed by atoms with Crippen LogP contribution in [0.3, 0.4) is 0 Å². The highest BCUT2D eigenvalue weighted by molar-refractivity contribution is 5.96. The largest absolute Gasteiger partial charge is 0.508 e. The Kier molecular flexibility index (Phi) is 5.58. The van der Waals surface area contributed by atoms with Crippen molar-refractivity contribution in [2.45, 2.75) is 38.5 Å². The summed E-state index contributed by atoms with van der Waals surface area (Å²) < 4.78 is 0. The minimum Gasteiger partial charge on any atom is -0.508 e. The molecule has 0 unspecified atom stereocenters. The van der Waals surface area contributed by atoms with Gasteiger partial charge in [-0.2, -0.15) is 0 Å². The van der Waals surface area contributed by atoms with E-state index in [4.69, 9.17) is 0 Å². The lowest BCUT2D eigenvalue weighted by Crippen LogP contribution is -2.27. The molecular formula is C17H21NO4. The number of carboxylic acid groups (broad SMARTS) is 1. The number of carbonyl (C=O) groups excluding carboxylic acids is 1. The average molecular weight is 303 g/mol. The summed E-state index contributed by atoms with van der Waals surface area (Å²) in [4.78, 5) is 23.1. The van der Waals surface area contributed by atoms with E-state index in [2.05, 4.69) is 5.32 Å². The summed E-state index contributed by atoms with van der Waals surface area (Å²) in [7, 11) is 0. The Labute approximate surface area is 129 Å². The van der Waals surface area contributed by atoms with Crippen molar-refractivity contribution in [3.63, 3.8) is 0 Å². The van der Waals surface area contributed by atoms with Crippen LogP contribution in [0, 0.1) is 5.92 Å². The SMILES string of the molecule is O=C(CCC1CCCC1)N/C(=C/c1ccc(O)cc1)C(=O)O. The number of benzene rings is 1. The van der Waals surface area contributed by atoms with E-state index in [1.54, 1.807) is 12.1 Å². The van der Waals surface area contributed by atoms with Crippen LogP contribution in [0.2, 0.25) is 0 Å². The number of aromatic hydroxyl groups is 1. The molecule has 0 heterocycles. The number of phenols is 1. The van der Waals surface area contributed by atoms with Gasteiger partial charge in [0.05, 0.1) is 0 Å². The number of hydrogen-bond acceptors (Lipinski definition) is 3. The third-order valence-electron chi connectivity index (χ3n) is 3.96. The molecular weight excluding hydrogens is 282 g/mol. The van der Waals surface area contributed by atoms with E-state index in [-0.39, 0.29) is 17.4 Å². The summed E-state index contributed by atoms with van der Waals surface area (Å²) in [5.41, 5.74) is 0.452. The average Bonchev–Trinajstić information content (AvgIpc) is 3.00. The second-order valence-corrected chi connectivity index (χ2v) is 5.69. The van der Waals surface area contributed by atoms with Gasteiger partial charge in [0.15, 0.2) is 0 Å². The fourth-order valence-corrected chi connectivity index (χ4v) is 2.74. The number of rotatable bonds is 6. The zero-order valence-corrected chi connectivity index (χ0v) is 12.4. The molecule has 1 aliphatic carbocycles. The van der Waals surface area contributed by atoms with E-state index in [0.717, 1.165) is 6.42 Å². The molecule has 1 saturated carbocycles. The van der Waals surface area contributed by atoms with E-state index in [0.29, 0.717) is 17.9 Å². The van der Waals surface area contributed by atoms with Gasteiger partial charge in [-0.3, -0.25) is 4.79 Å². The van der Waals surface area contributed by atoms with E-state index in [1.165, 1.54) is 43.9 Å². The second kappa shape index (κ2) is 7.64. The molecule has 2 rings (SSSR count). The van der Waals surface area contributed by atoms with Crippen molar-refractivity contribution in [2.75, 3.05) is 0 Å². The molecule has 3 N–H and O–H groups in total. The molecule has 1 aromatic carbocycles. The van der Waals surface area contributed by atoms with Crippen molar-refractivity contribution in [3.05, 3.63) is 35.5 Å². The first-order chi connectivity index (χ1) is 10.5. The molecule has 1 amide bonds. The summed E-state index contributed by atoms with van der Waals surface area (Å²) in [6.07, 6.45) is 7.35. The van der Waals surface area contributed by atoms with Crippen molar-refractivity contribution in [2.24, 2.45) is 5.92 Å². The van der Waals surface area contributed by atoms with Crippen molar-refractivity contribution >= 4 is 18.0 Å². The van der Waals surface area contributed by atoms with Gasteiger partial charge in [-0.1, -0.05) is 37.8 Å². The molecule has 0 atom stereocenters. The Hall–Kier alpha value is -2.30. The molecule has 0 bridgehead atoms. The van der Waals surface area contributed by atoms with Gasteiger partial charge in [-0.05, 0) is 36.1 Å². The third kappa shape index (κ3) is 4.91. The van der Waals surface area contributed by atoms with Crippen molar-refractivity contribution in [3.8, 4) is 5.75 Å². The standard InChI is InChI=1S/C17H21NO4/c19-14-8-5-13(6-9-14)11-15(17(21)22)18-16(20)10-7-12-3-1-2-4-12/h5-6,8-9,11-12,19H,1-4,7,10H2,(H,18,20)(H,21,22)/b15-11+. The maximum absolute atomic E-state index is 11.9. The predicted molar refractivity (Wildman–Crippen MR) is 83.1 cm³/mol. The van der Waals surface area contributed by atoms with Crippen molar-refractivity contribution in [1.29, 1.82) is 0 Å². The fraction of sp³-hybridized carbons (Fsp3) is 0.412. The molecule has 0 spiro atoms. The zero-order chi connectivity index (χ0) is 15.9. The molecule has 5 heteroatoms. The Morgan fingerprint density at radius 1 is 1.18 bits per heavy atom. The van der Waals surface area contributed by atoms with E-state index in [1.807, 2.05) is 0 Å². The van der Waals surface area contributed by atoms with E-state index in [9.17, 15) is 19.8 Å². The quantitative estimate of drug-likeness (QED) is 0.705. The number of nitrogens with one attached hydrogen (secondary N) is 1. The molecule has 1 aromatic rings. The highest BCUT2D eigenvalue weighted by Gasteiger charge is 2.17. The molecule has 0 aliphatic heterocycles. The van der Waals surface area contributed by atoms with Crippen LogP contribution in [0.15, 0.2) is 30.0 Å². The van der Waals surface area contributed by atoms with Gasteiger partial charge in [0.1, 0.15) is 11.4 Å². The first kappa shape index (κ1) is 16.1. The third-order valence-corrected chi connectivity index (χ3v) is 3.96. The van der Waals surface area contributed by atoms with Gasteiger partial charge in [0, 0.05) is 6.42 Å². The van der Waals surface area contributed by atoms with Gasteiger partial charge in [-0.25, -0.2) is 4.79 Å². The van der Waals surface area contributed by atoms with Crippen molar-refractivity contribution < 1.29 is 19.8 Å². The highest BCUT2D eigenvalue weighted by atomic mass is 16.4.